The summed E-state index contributed by atoms with van der Waals surface area (Å²) >= 11 is 3.49. The van der Waals surface area contributed by atoms with Crippen molar-refractivity contribution in [2.75, 3.05) is 40.8 Å². The van der Waals surface area contributed by atoms with Crippen LogP contribution in [0.2, 0.25) is 0 Å². The molecular formula is C24H31BrFN3O. The second kappa shape index (κ2) is 11.4. The summed E-state index contributed by atoms with van der Waals surface area (Å²) in [5, 5.41) is 0. The molecule has 0 spiro atoms. The lowest BCUT2D eigenvalue weighted by Crippen LogP contribution is -2.41. The summed E-state index contributed by atoms with van der Waals surface area (Å²) in [7, 11) is 5.17. The zero-order chi connectivity index (χ0) is 22.3. The number of hydrogen-bond acceptors (Lipinski definition) is 3. The lowest BCUT2D eigenvalue weighted by atomic mass is 9.87. The van der Waals surface area contributed by atoms with Crippen LogP contribution in [0.3, 0.4) is 0 Å². The second-order valence-corrected chi connectivity index (χ2v) is 8.76. The van der Waals surface area contributed by atoms with Crippen LogP contribution in [-0.4, -0.2) is 68.9 Å². The molecule has 1 aliphatic rings. The van der Waals surface area contributed by atoms with Gasteiger partial charge in [-0.25, -0.2) is 4.39 Å². The van der Waals surface area contributed by atoms with Crippen LogP contribution in [0.1, 0.15) is 35.2 Å². The third-order valence-corrected chi connectivity index (χ3v) is 5.96. The number of hydrogen-bond donors (Lipinski definition) is 0. The van der Waals surface area contributed by atoms with Crippen LogP contribution >= 0.6 is 15.9 Å². The van der Waals surface area contributed by atoms with Gasteiger partial charge in [0, 0.05) is 56.4 Å². The molecule has 0 saturated carbocycles. The molecular weight excluding hydrogens is 445 g/mol. The summed E-state index contributed by atoms with van der Waals surface area (Å²) in [4.78, 5) is 19.7. The minimum absolute atomic E-state index is 0.0412. The molecule has 0 aromatic heterocycles. The van der Waals surface area contributed by atoms with Gasteiger partial charge in [0.2, 0.25) is 0 Å². The molecule has 0 radical (unpaired) electrons. The molecule has 1 aliphatic heterocycles. The van der Waals surface area contributed by atoms with Gasteiger partial charge in [-0.3, -0.25) is 14.7 Å². The third-order valence-electron chi connectivity index (χ3n) is 5.19. The highest BCUT2D eigenvalue weighted by atomic mass is 79.9. The molecule has 162 valence electrons. The number of aliphatic imine (C=N–C) groups is 1. The van der Waals surface area contributed by atoms with Gasteiger partial charge in [-0.1, -0.05) is 46.3 Å². The normalized spacial score (nSPS) is 21.1. The summed E-state index contributed by atoms with van der Waals surface area (Å²) < 4.78 is 15.8. The Hall–Kier alpha value is -2.05. The van der Waals surface area contributed by atoms with Crippen molar-refractivity contribution in [3.8, 4) is 0 Å². The van der Waals surface area contributed by atoms with Crippen LogP contribution in [-0.2, 0) is 0 Å². The highest BCUT2D eigenvalue weighted by molar-refractivity contribution is 9.12. The molecule has 1 aromatic carbocycles. The predicted octanol–water partition coefficient (Wildman–Crippen LogP) is 5.00. The Morgan fingerprint density at radius 2 is 2.03 bits per heavy atom. The second-order valence-electron chi connectivity index (χ2n) is 7.91. The van der Waals surface area contributed by atoms with Crippen molar-refractivity contribution in [2.45, 2.75) is 25.4 Å². The topological polar surface area (TPSA) is 35.9 Å². The van der Waals surface area contributed by atoms with Gasteiger partial charge in [-0.15, -0.1) is 0 Å². The number of amides is 1. The van der Waals surface area contributed by atoms with Gasteiger partial charge >= 0.3 is 0 Å². The first-order valence-corrected chi connectivity index (χ1v) is 10.8. The van der Waals surface area contributed by atoms with E-state index in [-0.39, 0.29) is 11.8 Å². The molecule has 1 amide bonds. The van der Waals surface area contributed by atoms with Crippen molar-refractivity contribution in [3.63, 3.8) is 0 Å². The predicted molar refractivity (Wildman–Crippen MR) is 127 cm³/mol. The van der Waals surface area contributed by atoms with Crippen LogP contribution < -0.4 is 0 Å². The Kier molecular flexibility index (Phi) is 9.18. The molecule has 2 rings (SSSR count). The molecule has 2 atom stereocenters. The number of alkyl halides is 1. The van der Waals surface area contributed by atoms with Crippen molar-refractivity contribution in [1.82, 2.24) is 9.80 Å². The Balaban J connectivity index is 1.96. The molecule has 2 unspecified atom stereocenters. The molecule has 1 heterocycles. The fourth-order valence-electron chi connectivity index (χ4n) is 3.63. The number of nitrogens with zero attached hydrogens (tertiary/aromatic N) is 3. The number of halogens is 2. The largest absolute Gasteiger partial charge is 0.345 e. The molecule has 1 saturated heterocycles. The van der Waals surface area contributed by atoms with Crippen molar-refractivity contribution in [2.24, 2.45) is 4.99 Å². The Morgan fingerprint density at radius 1 is 1.37 bits per heavy atom. The summed E-state index contributed by atoms with van der Waals surface area (Å²) in [6.45, 7) is 8.06. The monoisotopic (exact) mass is 475 g/mol. The first-order chi connectivity index (χ1) is 14.2. The van der Waals surface area contributed by atoms with E-state index >= 15 is 0 Å². The first kappa shape index (κ1) is 24.2. The van der Waals surface area contributed by atoms with E-state index in [1.54, 1.807) is 44.4 Å². The maximum absolute atomic E-state index is 15.0. The summed E-state index contributed by atoms with van der Waals surface area (Å²) in [6.07, 6.45) is 5.40. The molecule has 30 heavy (non-hydrogen) atoms. The number of rotatable bonds is 7. The van der Waals surface area contributed by atoms with Gasteiger partial charge in [0.15, 0.2) is 0 Å². The average molecular weight is 476 g/mol. The van der Waals surface area contributed by atoms with E-state index < -0.39 is 6.17 Å². The van der Waals surface area contributed by atoms with Gasteiger partial charge in [0.05, 0.1) is 0 Å². The average Bonchev–Trinajstić information content (AvgIpc) is 2.71. The number of carbonyl (C=O) groups is 1. The smallest absolute Gasteiger partial charge is 0.253 e. The van der Waals surface area contributed by atoms with Gasteiger partial charge < -0.3 is 4.90 Å². The Bertz CT molecular complexity index is 843. The van der Waals surface area contributed by atoms with Gasteiger partial charge in [0.1, 0.15) is 6.17 Å². The highest BCUT2D eigenvalue weighted by Gasteiger charge is 2.30. The summed E-state index contributed by atoms with van der Waals surface area (Å²) in [6, 6.07) is 7.37. The Morgan fingerprint density at radius 3 is 2.60 bits per heavy atom. The quantitative estimate of drug-likeness (QED) is 0.410. The summed E-state index contributed by atoms with van der Waals surface area (Å²) in [5.74, 6) is -0.171. The molecule has 0 aliphatic carbocycles. The molecule has 1 aromatic rings. The molecule has 6 heteroatoms. The van der Waals surface area contributed by atoms with Crippen molar-refractivity contribution >= 4 is 28.1 Å². The third kappa shape index (κ3) is 6.74. The van der Waals surface area contributed by atoms with Gasteiger partial charge in [-0.05, 0) is 49.2 Å². The van der Waals surface area contributed by atoms with Crippen molar-refractivity contribution in [3.05, 3.63) is 69.8 Å². The van der Waals surface area contributed by atoms with E-state index in [0.717, 1.165) is 34.2 Å². The lowest BCUT2D eigenvalue weighted by Gasteiger charge is -2.35. The van der Waals surface area contributed by atoms with Gasteiger partial charge in [0.25, 0.3) is 5.91 Å². The number of piperidine rings is 1. The molecule has 4 nitrogen and oxygen atoms in total. The maximum Gasteiger partial charge on any atom is 0.253 e. The fraction of sp³-hybridized carbons (Fsp3) is 0.417. The van der Waals surface area contributed by atoms with Crippen LogP contribution in [0.25, 0.3) is 0 Å². The van der Waals surface area contributed by atoms with E-state index in [1.165, 1.54) is 0 Å². The number of carbonyl (C=O) groups excluding carboxylic acids is 1. The fourth-order valence-corrected chi connectivity index (χ4v) is 3.86. The van der Waals surface area contributed by atoms with Crippen LogP contribution in [0.15, 0.2) is 63.6 Å². The zero-order valence-electron chi connectivity index (χ0n) is 18.2. The number of allylic oxidation sites excluding steroid dienone is 4. The van der Waals surface area contributed by atoms with E-state index in [2.05, 4.69) is 32.4 Å². The maximum atomic E-state index is 15.0. The van der Waals surface area contributed by atoms with Crippen molar-refractivity contribution in [1.29, 1.82) is 0 Å². The number of benzene rings is 1. The summed E-state index contributed by atoms with van der Waals surface area (Å²) in [5.41, 5.74) is 3.59. The van der Waals surface area contributed by atoms with E-state index in [1.807, 2.05) is 31.2 Å². The first-order valence-electron chi connectivity index (χ1n) is 10.0. The van der Waals surface area contributed by atoms with E-state index in [9.17, 15) is 9.18 Å². The lowest BCUT2D eigenvalue weighted by molar-refractivity contribution is 0.0827. The van der Waals surface area contributed by atoms with E-state index in [4.69, 9.17) is 0 Å². The highest BCUT2D eigenvalue weighted by Crippen LogP contribution is 2.31. The van der Waals surface area contributed by atoms with Crippen LogP contribution in [0.5, 0.6) is 0 Å². The van der Waals surface area contributed by atoms with Crippen LogP contribution in [0.4, 0.5) is 4.39 Å². The van der Waals surface area contributed by atoms with Crippen molar-refractivity contribution < 1.29 is 9.18 Å². The van der Waals surface area contributed by atoms with Crippen LogP contribution in [0, 0.1) is 0 Å². The minimum atomic E-state index is -0.933. The van der Waals surface area contributed by atoms with E-state index in [0.29, 0.717) is 18.7 Å². The van der Waals surface area contributed by atoms with Gasteiger partial charge in [-0.2, -0.15) is 0 Å². The standard InChI is InChI=1S/C24H31BrFN3O/c1-17(14-18(2)22(25)10-12-27-3)15-29-13-11-21(23(26)16-29)19-6-8-20(9-7-19)24(30)28(4)5/h6-10,12,14,21,23H,2,11,13,15-16H2,1,3-5H3/b17-14+,22-10+,27-12?. The molecule has 1 fully saturated rings. The Labute approximate surface area is 188 Å². The molecule has 0 N–H and O–H groups in total. The minimum Gasteiger partial charge on any atom is -0.345 e. The number of likely N-dealkylation sites (tertiary alicyclic amines) is 1. The zero-order valence-corrected chi connectivity index (χ0v) is 19.8. The molecule has 0 bridgehead atoms. The SMILES string of the molecule is C=C(/C=C(\C)CN1CCC(c2ccc(C(=O)N(C)C)cc2)C(F)C1)/C(Br)=C\C=NC.